The molecule has 6 nitrogen and oxygen atoms in total. The number of halogens is 1. The molecule has 7 heteroatoms. The molecule has 0 saturated heterocycles. The van der Waals surface area contributed by atoms with Crippen molar-refractivity contribution >= 4 is 36.2 Å². The quantitative estimate of drug-likeness (QED) is 0.152. The Hall–Kier alpha value is -5.79. The van der Waals surface area contributed by atoms with Crippen LogP contribution in [0.15, 0.2) is 92.0 Å². The largest absolute Gasteiger partial charge is 0.405 e. The van der Waals surface area contributed by atoms with E-state index in [-0.39, 0.29) is 5.82 Å². The van der Waals surface area contributed by atoms with Crippen molar-refractivity contribution in [1.29, 1.82) is 0 Å². The van der Waals surface area contributed by atoms with E-state index >= 15 is 0 Å². The summed E-state index contributed by atoms with van der Waals surface area (Å²) in [6.45, 7) is 6.52. The highest BCUT2D eigenvalue weighted by Gasteiger charge is 2.00. The summed E-state index contributed by atoms with van der Waals surface area (Å²) < 4.78 is 33.9. The number of ether oxygens (including phenoxy) is 4. The summed E-state index contributed by atoms with van der Waals surface area (Å²) in [5.74, 6) is -0.766. The van der Waals surface area contributed by atoms with E-state index in [1.807, 2.05) is 12.1 Å². The van der Waals surface area contributed by atoms with Gasteiger partial charge in [0.15, 0.2) is 24.4 Å². The lowest BCUT2D eigenvalue weighted by Crippen LogP contribution is -1.93. The van der Waals surface area contributed by atoms with Crippen LogP contribution in [0.25, 0.3) is 24.3 Å². The summed E-state index contributed by atoms with van der Waals surface area (Å²) in [5, 5.41) is 0. The van der Waals surface area contributed by atoms with Crippen molar-refractivity contribution in [2.45, 2.75) is 0 Å². The average molecular weight is 521 g/mol. The highest BCUT2D eigenvalue weighted by Crippen LogP contribution is 2.19. The molecule has 0 aromatic heterocycles. The van der Waals surface area contributed by atoms with Gasteiger partial charge in [-0.05, 0) is 47.0 Å². The fourth-order valence-corrected chi connectivity index (χ4v) is 2.84. The first-order valence-corrected chi connectivity index (χ1v) is 11.3. The first kappa shape index (κ1) is 27.8. The fraction of sp³-hybridized carbons (Fsp3) is 0. The Bertz CT molecular complexity index is 1530. The minimum atomic E-state index is -0.667. The molecule has 3 aromatic rings. The summed E-state index contributed by atoms with van der Waals surface area (Å²) in [5.41, 5.74) is 2.83. The molecule has 0 spiro atoms. The zero-order valence-corrected chi connectivity index (χ0v) is 20.6. The minimum absolute atomic E-state index is 0.364. The Labute approximate surface area is 225 Å². The smallest absolute Gasteiger partial charge is 0.344 e. The van der Waals surface area contributed by atoms with Crippen LogP contribution >= 0.6 is 0 Å². The molecule has 0 aliphatic carbocycles. The van der Waals surface area contributed by atoms with Gasteiger partial charge in [-0.1, -0.05) is 73.9 Å². The second-order valence-corrected chi connectivity index (χ2v) is 7.45. The molecule has 0 radical (unpaired) electrons. The summed E-state index contributed by atoms with van der Waals surface area (Å²) in [6, 6.07) is 18.9. The van der Waals surface area contributed by atoms with Crippen LogP contribution in [-0.4, -0.2) is 11.9 Å². The van der Waals surface area contributed by atoms with Crippen molar-refractivity contribution < 1.29 is 32.9 Å². The molecular formula is C32H21FO6. The number of hydrogen-bond acceptors (Lipinski definition) is 6. The van der Waals surface area contributed by atoms with Crippen LogP contribution in [0.2, 0.25) is 0 Å². The number of carbonyl (C=O) groups excluding carboxylic acids is 2. The van der Waals surface area contributed by atoms with Crippen molar-refractivity contribution in [2.75, 3.05) is 0 Å². The molecule has 0 unspecified atom stereocenters. The Morgan fingerprint density at radius 2 is 1.05 bits per heavy atom. The Balaban J connectivity index is 1.54. The Kier molecular flexibility index (Phi) is 10.5. The van der Waals surface area contributed by atoms with Crippen LogP contribution in [-0.2, 0) is 19.1 Å². The van der Waals surface area contributed by atoms with Gasteiger partial charge in [-0.15, -0.1) is 0 Å². The van der Waals surface area contributed by atoms with Gasteiger partial charge < -0.3 is 18.9 Å². The Morgan fingerprint density at radius 3 is 1.51 bits per heavy atom. The second kappa shape index (κ2) is 14.7. The molecule has 0 amide bonds. The number of esters is 2. The van der Waals surface area contributed by atoms with E-state index in [9.17, 15) is 14.0 Å². The van der Waals surface area contributed by atoms with E-state index < -0.39 is 11.9 Å². The van der Waals surface area contributed by atoms with Crippen molar-refractivity contribution in [3.63, 3.8) is 0 Å². The summed E-state index contributed by atoms with van der Waals surface area (Å²) in [6.07, 6.45) is 17.8. The molecule has 0 fully saturated rings. The highest BCUT2D eigenvalue weighted by atomic mass is 19.1. The Morgan fingerprint density at radius 1 is 0.615 bits per heavy atom. The standard InChI is InChI=1S/C32H21FO6/c1-3-31(34)38-21-19-36-28-15-9-24(10-16-28)5-6-26-8-14-27(30(33)23-26)13-7-25-11-17-29(18-12-25)37-20-22-39-32(35)4-2/h3-18,23H,1-2H2/b6-5+,13-7+. The lowest BCUT2D eigenvalue weighted by molar-refractivity contribution is -0.132. The van der Waals surface area contributed by atoms with E-state index in [1.54, 1.807) is 72.8 Å². The van der Waals surface area contributed by atoms with Crippen molar-refractivity contribution in [3.8, 4) is 35.9 Å². The van der Waals surface area contributed by atoms with Crippen LogP contribution in [0.5, 0.6) is 11.5 Å². The van der Waals surface area contributed by atoms with Crippen LogP contribution in [0.3, 0.4) is 0 Å². The number of hydrogen-bond donors (Lipinski definition) is 0. The first-order valence-electron chi connectivity index (χ1n) is 11.3. The predicted octanol–water partition coefficient (Wildman–Crippen LogP) is 6.22. The normalized spacial score (nSPS) is 9.97. The lowest BCUT2D eigenvalue weighted by Gasteiger charge is -2.01. The molecule has 0 N–H and O–H groups in total. The molecule has 3 rings (SSSR count). The van der Waals surface area contributed by atoms with Crippen molar-refractivity contribution in [2.24, 2.45) is 0 Å². The molecule has 0 aliphatic rings. The third kappa shape index (κ3) is 9.64. The molecule has 0 atom stereocenters. The van der Waals surface area contributed by atoms with Gasteiger partial charge in [0.05, 0.1) is 0 Å². The van der Waals surface area contributed by atoms with Gasteiger partial charge in [-0.2, -0.15) is 0 Å². The third-order valence-electron chi connectivity index (χ3n) is 4.77. The van der Waals surface area contributed by atoms with Gasteiger partial charge in [0.25, 0.3) is 0 Å². The molecule has 0 bridgehead atoms. The zero-order chi connectivity index (χ0) is 27.9. The monoisotopic (exact) mass is 520 g/mol. The maximum Gasteiger partial charge on any atom is 0.344 e. The van der Waals surface area contributed by atoms with E-state index in [0.29, 0.717) is 22.6 Å². The predicted molar refractivity (Wildman–Crippen MR) is 147 cm³/mol. The lowest BCUT2D eigenvalue weighted by atomic mass is 10.1. The molecule has 192 valence electrons. The van der Waals surface area contributed by atoms with E-state index in [4.69, 9.17) is 9.47 Å². The van der Waals surface area contributed by atoms with Crippen molar-refractivity contribution in [1.82, 2.24) is 0 Å². The third-order valence-corrected chi connectivity index (χ3v) is 4.77. The molecule has 3 aromatic carbocycles. The summed E-state index contributed by atoms with van der Waals surface area (Å²) in [4.78, 5) is 21.8. The van der Waals surface area contributed by atoms with Gasteiger partial charge >= 0.3 is 11.9 Å². The van der Waals surface area contributed by atoms with Crippen LogP contribution in [0.1, 0.15) is 22.3 Å². The highest BCUT2D eigenvalue weighted by molar-refractivity contribution is 5.82. The van der Waals surface area contributed by atoms with Crippen LogP contribution < -0.4 is 9.47 Å². The van der Waals surface area contributed by atoms with Gasteiger partial charge in [0, 0.05) is 17.7 Å². The zero-order valence-electron chi connectivity index (χ0n) is 20.6. The summed E-state index contributed by atoms with van der Waals surface area (Å²) >= 11 is 0. The van der Waals surface area contributed by atoms with Crippen LogP contribution in [0.4, 0.5) is 4.39 Å². The number of rotatable bonds is 8. The number of benzene rings is 3. The molecular weight excluding hydrogens is 499 g/mol. The number of carbonyl (C=O) groups is 2. The van der Waals surface area contributed by atoms with E-state index in [0.717, 1.165) is 23.3 Å². The van der Waals surface area contributed by atoms with E-state index in [2.05, 4.69) is 47.1 Å². The summed E-state index contributed by atoms with van der Waals surface area (Å²) in [7, 11) is 0. The second-order valence-electron chi connectivity index (χ2n) is 7.45. The fourth-order valence-electron chi connectivity index (χ4n) is 2.84. The topological polar surface area (TPSA) is 71.1 Å². The average Bonchev–Trinajstić information content (AvgIpc) is 2.96. The van der Waals surface area contributed by atoms with Crippen LogP contribution in [0, 0.1) is 30.2 Å². The minimum Gasteiger partial charge on any atom is -0.405 e. The van der Waals surface area contributed by atoms with Crippen molar-refractivity contribution in [3.05, 3.63) is 120 Å². The van der Waals surface area contributed by atoms with Gasteiger partial charge in [-0.25, -0.2) is 14.0 Å². The molecule has 39 heavy (non-hydrogen) atoms. The maximum absolute atomic E-state index is 14.6. The van der Waals surface area contributed by atoms with Gasteiger partial charge in [-0.3, -0.25) is 0 Å². The van der Waals surface area contributed by atoms with E-state index in [1.165, 1.54) is 6.07 Å². The molecule has 0 saturated carbocycles. The van der Waals surface area contributed by atoms with Gasteiger partial charge in [0.2, 0.25) is 0 Å². The SMILES string of the molecule is C=CC(=O)OC#COc1ccc(/C=C/c2ccc(/C=C/c3ccc(OC#COC(=O)C=C)cc3)c(F)c2)cc1. The first-order chi connectivity index (χ1) is 19.0. The molecule has 0 heterocycles. The molecule has 0 aliphatic heterocycles. The van der Waals surface area contributed by atoms with Gasteiger partial charge in [0.1, 0.15) is 17.3 Å². The maximum atomic E-state index is 14.6.